The summed E-state index contributed by atoms with van der Waals surface area (Å²) in [6.07, 6.45) is 2.40. The van der Waals surface area contributed by atoms with E-state index in [0.29, 0.717) is 16.3 Å². The monoisotopic (exact) mass is 386 g/mol. The van der Waals surface area contributed by atoms with Crippen LogP contribution in [0.3, 0.4) is 0 Å². The summed E-state index contributed by atoms with van der Waals surface area (Å²) in [4.78, 5) is 15.6. The van der Waals surface area contributed by atoms with Crippen LogP contribution in [0.5, 0.6) is 5.75 Å². The lowest BCUT2D eigenvalue weighted by Crippen LogP contribution is -2.52. The predicted molar refractivity (Wildman–Crippen MR) is 110 cm³/mol. The molecule has 1 atom stereocenters. The van der Waals surface area contributed by atoms with Gasteiger partial charge >= 0.3 is 0 Å². The lowest BCUT2D eigenvalue weighted by atomic mass is 9.86. The van der Waals surface area contributed by atoms with Gasteiger partial charge in [-0.1, -0.05) is 41.9 Å². The highest BCUT2D eigenvalue weighted by Crippen LogP contribution is 2.34. The van der Waals surface area contributed by atoms with Crippen LogP contribution in [-0.4, -0.2) is 36.5 Å². The molecule has 0 aliphatic carbocycles. The molecule has 3 rings (SSSR count). The number of rotatable bonds is 6. The number of likely N-dealkylation sites (tertiary alicyclic amines) is 1. The molecule has 1 saturated heterocycles. The summed E-state index contributed by atoms with van der Waals surface area (Å²) >= 11 is 6.04. The van der Waals surface area contributed by atoms with Gasteiger partial charge in [0, 0.05) is 10.6 Å². The molecule has 5 heteroatoms. The van der Waals surface area contributed by atoms with E-state index >= 15 is 0 Å². The van der Waals surface area contributed by atoms with E-state index < -0.39 is 0 Å². The van der Waals surface area contributed by atoms with E-state index in [1.54, 1.807) is 25.3 Å². The highest BCUT2D eigenvalue weighted by atomic mass is 35.5. The number of hydrogen-bond acceptors (Lipinski definition) is 3. The Kier molecular flexibility index (Phi) is 6.08. The molecular formula is C22H27ClN2O2. The van der Waals surface area contributed by atoms with Gasteiger partial charge in [-0.05, 0) is 63.5 Å². The largest absolute Gasteiger partial charge is 0.496 e. The van der Waals surface area contributed by atoms with Gasteiger partial charge in [0.15, 0.2) is 0 Å². The molecular weight excluding hydrogens is 360 g/mol. The molecule has 0 aromatic heterocycles. The second kappa shape index (κ2) is 8.32. The molecule has 1 unspecified atom stereocenters. The van der Waals surface area contributed by atoms with Crippen LogP contribution >= 0.6 is 11.6 Å². The Hall–Kier alpha value is -2.04. The first-order valence-electron chi connectivity index (χ1n) is 9.38. The number of nitrogens with zero attached hydrogens (tertiary/aromatic N) is 1. The maximum atomic E-state index is 13.1. The minimum Gasteiger partial charge on any atom is -0.496 e. The third-order valence-corrected chi connectivity index (χ3v) is 5.68. The van der Waals surface area contributed by atoms with Crippen molar-refractivity contribution < 1.29 is 9.53 Å². The average molecular weight is 387 g/mol. The van der Waals surface area contributed by atoms with Crippen LogP contribution < -0.4 is 10.1 Å². The predicted octanol–water partition coefficient (Wildman–Crippen LogP) is 4.69. The van der Waals surface area contributed by atoms with Gasteiger partial charge < -0.3 is 10.1 Å². The molecule has 1 fully saturated rings. The van der Waals surface area contributed by atoms with Crippen molar-refractivity contribution in [1.82, 2.24) is 10.2 Å². The molecule has 2 aromatic rings. The Labute approximate surface area is 166 Å². The fraction of sp³-hybridized carbons (Fsp3) is 0.409. The summed E-state index contributed by atoms with van der Waals surface area (Å²) in [7, 11) is 1.55. The molecule has 1 aliphatic heterocycles. The number of hydrogen-bond donors (Lipinski definition) is 1. The fourth-order valence-electron chi connectivity index (χ4n) is 3.85. The first-order chi connectivity index (χ1) is 12.9. The van der Waals surface area contributed by atoms with E-state index in [9.17, 15) is 4.79 Å². The maximum absolute atomic E-state index is 13.1. The van der Waals surface area contributed by atoms with E-state index in [0.717, 1.165) is 18.7 Å². The van der Waals surface area contributed by atoms with Crippen molar-refractivity contribution in [1.29, 1.82) is 0 Å². The minimum atomic E-state index is -0.215. The van der Waals surface area contributed by atoms with Crippen molar-refractivity contribution >= 4 is 17.5 Å². The van der Waals surface area contributed by atoms with E-state index in [4.69, 9.17) is 16.3 Å². The molecule has 1 heterocycles. The van der Waals surface area contributed by atoms with Crippen LogP contribution in [0.4, 0.5) is 0 Å². The zero-order chi connectivity index (χ0) is 19.4. The molecule has 1 amide bonds. The second-order valence-corrected chi connectivity index (χ2v) is 7.95. The topological polar surface area (TPSA) is 41.6 Å². The number of nitrogens with one attached hydrogen (secondary N) is 1. The van der Waals surface area contributed by atoms with Gasteiger partial charge in [0.05, 0.1) is 18.7 Å². The van der Waals surface area contributed by atoms with Gasteiger partial charge in [0.2, 0.25) is 0 Å². The standard InChI is InChI=1S/C22H27ClN2O2/c1-22(2,25-13-7-8-14-25)20(16-9-5-4-6-10-16)24-21(26)18-12-11-17(23)15-19(18)27-3/h4-6,9-12,15,20H,7-8,13-14H2,1-3H3,(H,24,26). The Bertz CT molecular complexity index is 786. The molecule has 1 N–H and O–H groups in total. The number of carbonyl (C=O) groups excluding carboxylic acids is 1. The van der Waals surface area contributed by atoms with E-state index in [1.165, 1.54) is 12.8 Å². The quantitative estimate of drug-likeness (QED) is 0.782. The lowest BCUT2D eigenvalue weighted by Gasteiger charge is -2.42. The molecule has 0 bridgehead atoms. The van der Waals surface area contributed by atoms with E-state index in [-0.39, 0.29) is 17.5 Å². The third kappa shape index (κ3) is 4.28. The second-order valence-electron chi connectivity index (χ2n) is 7.51. The summed E-state index contributed by atoms with van der Waals surface area (Å²) in [5, 5.41) is 3.80. The molecule has 0 spiro atoms. The Morgan fingerprint density at radius 3 is 2.44 bits per heavy atom. The highest BCUT2D eigenvalue weighted by Gasteiger charge is 2.38. The lowest BCUT2D eigenvalue weighted by molar-refractivity contribution is 0.0776. The Morgan fingerprint density at radius 1 is 1.15 bits per heavy atom. The van der Waals surface area contributed by atoms with Crippen molar-refractivity contribution in [2.75, 3.05) is 20.2 Å². The van der Waals surface area contributed by atoms with Gasteiger partial charge in [0.1, 0.15) is 5.75 Å². The number of halogens is 1. The summed E-state index contributed by atoms with van der Waals surface area (Å²) in [5.74, 6) is 0.315. The van der Waals surface area contributed by atoms with Gasteiger partial charge in [-0.15, -0.1) is 0 Å². The van der Waals surface area contributed by atoms with Crippen LogP contribution in [0.2, 0.25) is 5.02 Å². The summed E-state index contributed by atoms with van der Waals surface area (Å²) < 4.78 is 5.36. The number of carbonyl (C=O) groups is 1. The number of methoxy groups -OCH3 is 1. The number of ether oxygens (including phenoxy) is 1. The molecule has 27 heavy (non-hydrogen) atoms. The summed E-state index contributed by atoms with van der Waals surface area (Å²) in [6, 6.07) is 15.1. The van der Waals surface area contributed by atoms with Crippen molar-refractivity contribution in [3.63, 3.8) is 0 Å². The maximum Gasteiger partial charge on any atom is 0.255 e. The van der Waals surface area contributed by atoms with E-state index in [2.05, 4.69) is 36.2 Å². The first kappa shape index (κ1) is 19.7. The molecule has 1 aliphatic rings. The van der Waals surface area contributed by atoms with Crippen molar-refractivity contribution in [3.8, 4) is 5.75 Å². The smallest absolute Gasteiger partial charge is 0.255 e. The van der Waals surface area contributed by atoms with Crippen molar-refractivity contribution in [2.24, 2.45) is 0 Å². The molecule has 4 nitrogen and oxygen atoms in total. The van der Waals surface area contributed by atoms with Gasteiger partial charge in [0.25, 0.3) is 5.91 Å². The van der Waals surface area contributed by atoms with E-state index in [1.807, 2.05) is 18.2 Å². The van der Waals surface area contributed by atoms with Crippen LogP contribution in [0.1, 0.15) is 48.7 Å². The number of amides is 1. The molecule has 2 aromatic carbocycles. The van der Waals surface area contributed by atoms with Gasteiger partial charge in [-0.2, -0.15) is 0 Å². The van der Waals surface area contributed by atoms with Gasteiger partial charge in [-0.3, -0.25) is 9.69 Å². The van der Waals surface area contributed by atoms with Crippen LogP contribution in [0.25, 0.3) is 0 Å². The van der Waals surface area contributed by atoms with Crippen molar-refractivity contribution in [3.05, 3.63) is 64.7 Å². The average Bonchev–Trinajstić information content (AvgIpc) is 3.22. The zero-order valence-corrected chi connectivity index (χ0v) is 16.9. The SMILES string of the molecule is COc1cc(Cl)ccc1C(=O)NC(c1ccccc1)C(C)(C)N1CCCC1. The highest BCUT2D eigenvalue weighted by molar-refractivity contribution is 6.30. The molecule has 0 radical (unpaired) electrons. The van der Waals surface area contributed by atoms with Crippen molar-refractivity contribution in [2.45, 2.75) is 38.3 Å². The summed E-state index contributed by atoms with van der Waals surface area (Å²) in [5.41, 5.74) is 1.36. The van der Waals surface area contributed by atoms with Crippen LogP contribution in [-0.2, 0) is 0 Å². The fourth-order valence-corrected chi connectivity index (χ4v) is 4.01. The summed E-state index contributed by atoms with van der Waals surface area (Å²) in [6.45, 7) is 6.51. The minimum absolute atomic E-state index is 0.148. The Morgan fingerprint density at radius 2 is 1.81 bits per heavy atom. The first-order valence-corrected chi connectivity index (χ1v) is 9.75. The zero-order valence-electron chi connectivity index (χ0n) is 16.2. The molecule has 144 valence electrons. The Balaban J connectivity index is 1.93. The molecule has 0 saturated carbocycles. The van der Waals surface area contributed by atoms with Crippen LogP contribution in [0, 0.1) is 0 Å². The van der Waals surface area contributed by atoms with Gasteiger partial charge in [-0.25, -0.2) is 0 Å². The number of benzene rings is 2. The normalized spacial score (nSPS) is 16.1. The van der Waals surface area contributed by atoms with Crippen LogP contribution in [0.15, 0.2) is 48.5 Å². The third-order valence-electron chi connectivity index (χ3n) is 5.44.